The topological polar surface area (TPSA) is 37.4 Å². The molecule has 3 nitrogen and oxygen atoms in total. The zero-order chi connectivity index (χ0) is 16.7. The molecule has 1 saturated carbocycles. The van der Waals surface area contributed by atoms with Gasteiger partial charge in [-0.1, -0.05) is 43.5 Å². The van der Waals surface area contributed by atoms with Gasteiger partial charge in [-0.05, 0) is 35.7 Å². The van der Waals surface area contributed by atoms with Gasteiger partial charge in [0.05, 0.1) is 5.70 Å². The van der Waals surface area contributed by atoms with Crippen molar-refractivity contribution < 1.29 is 9.59 Å². The first kappa shape index (κ1) is 15.1. The SMILES string of the molecule is CN(C1=CC(=O)c2cc3ccccc3cc2C1=O)C1CCCCC1. The van der Waals surface area contributed by atoms with Crippen molar-refractivity contribution >= 4 is 22.3 Å². The lowest BCUT2D eigenvalue weighted by Gasteiger charge is -2.35. The molecule has 122 valence electrons. The summed E-state index contributed by atoms with van der Waals surface area (Å²) in [5.41, 5.74) is 1.62. The summed E-state index contributed by atoms with van der Waals surface area (Å²) in [6.07, 6.45) is 7.40. The molecule has 24 heavy (non-hydrogen) atoms. The summed E-state index contributed by atoms with van der Waals surface area (Å²) >= 11 is 0. The van der Waals surface area contributed by atoms with E-state index in [4.69, 9.17) is 0 Å². The number of carbonyl (C=O) groups excluding carboxylic acids is 2. The molecule has 0 spiro atoms. The van der Waals surface area contributed by atoms with Gasteiger partial charge in [0.15, 0.2) is 5.78 Å². The number of likely N-dealkylation sites (N-methyl/N-ethyl adjacent to an activating group) is 1. The van der Waals surface area contributed by atoms with E-state index in [9.17, 15) is 9.59 Å². The molecule has 0 radical (unpaired) electrons. The van der Waals surface area contributed by atoms with Crippen molar-refractivity contribution in [3.63, 3.8) is 0 Å². The van der Waals surface area contributed by atoms with Crippen molar-refractivity contribution in [3.8, 4) is 0 Å². The number of rotatable bonds is 2. The van der Waals surface area contributed by atoms with E-state index >= 15 is 0 Å². The summed E-state index contributed by atoms with van der Waals surface area (Å²) in [5.74, 6) is -0.0866. The molecule has 1 fully saturated rings. The molecule has 2 aliphatic carbocycles. The van der Waals surface area contributed by atoms with Gasteiger partial charge < -0.3 is 4.90 Å². The third-order valence-corrected chi connectivity index (χ3v) is 5.40. The maximum atomic E-state index is 13.0. The third kappa shape index (κ3) is 2.44. The minimum absolute atomic E-state index is 0.0246. The monoisotopic (exact) mass is 319 g/mol. The van der Waals surface area contributed by atoms with Crippen molar-refractivity contribution in [2.75, 3.05) is 7.05 Å². The molecule has 0 aromatic heterocycles. The maximum absolute atomic E-state index is 13.0. The highest BCUT2D eigenvalue weighted by atomic mass is 16.1. The minimum Gasteiger partial charge on any atom is -0.368 e. The van der Waals surface area contributed by atoms with Crippen LogP contribution in [0, 0.1) is 0 Å². The summed E-state index contributed by atoms with van der Waals surface area (Å²) < 4.78 is 0. The highest BCUT2D eigenvalue weighted by Crippen LogP contribution is 2.31. The van der Waals surface area contributed by atoms with Crippen LogP contribution in [-0.4, -0.2) is 29.6 Å². The van der Waals surface area contributed by atoms with Crippen LogP contribution in [0.1, 0.15) is 52.8 Å². The van der Waals surface area contributed by atoms with Crippen LogP contribution in [0.2, 0.25) is 0 Å². The number of carbonyl (C=O) groups is 2. The number of nitrogens with zero attached hydrogens (tertiary/aromatic N) is 1. The Labute approximate surface area is 142 Å². The van der Waals surface area contributed by atoms with Gasteiger partial charge >= 0.3 is 0 Å². The Kier molecular flexibility index (Phi) is 3.72. The van der Waals surface area contributed by atoms with Gasteiger partial charge in [-0.3, -0.25) is 9.59 Å². The van der Waals surface area contributed by atoms with Crippen molar-refractivity contribution in [2.24, 2.45) is 0 Å². The third-order valence-electron chi connectivity index (χ3n) is 5.40. The van der Waals surface area contributed by atoms with E-state index in [0.29, 0.717) is 22.9 Å². The number of Topliss-reactive ketones (excluding diaryl/α,β-unsaturated/α-hetero) is 1. The van der Waals surface area contributed by atoms with E-state index in [1.807, 2.05) is 48.3 Å². The van der Waals surface area contributed by atoms with Gasteiger partial charge in [-0.25, -0.2) is 0 Å². The molecule has 2 aromatic rings. The zero-order valence-electron chi connectivity index (χ0n) is 13.9. The molecule has 4 rings (SSSR count). The van der Waals surface area contributed by atoms with E-state index in [2.05, 4.69) is 0 Å². The second-order valence-electron chi connectivity index (χ2n) is 6.87. The van der Waals surface area contributed by atoms with Crippen LogP contribution in [0.3, 0.4) is 0 Å². The molecule has 2 aliphatic rings. The first-order valence-electron chi connectivity index (χ1n) is 8.71. The molecule has 0 bridgehead atoms. The number of ketones is 2. The molecule has 0 amide bonds. The number of fused-ring (bicyclic) bond motifs is 2. The van der Waals surface area contributed by atoms with Crippen molar-refractivity contribution in [1.29, 1.82) is 0 Å². The predicted molar refractivity (Wildman–Crippen MR) is 95.3 cm³/mol. The van der Waals surface area contributed by atoms with Crippen LogP contribution in [-0.2, 0) is 0 Å². The van der Waals surface area contributed by atoms with Crippen molar-refractivity contribution in [2.45, 2.75) is 38.1 Å². The van der Waals surface area contributed by atoms with Crippen molar-refractivity contribution in [3.05, 3.63) is 59.3 Å². The van der Waals surface area contributed by atoms with Crippen molar-refractivity contribution in [1.82, 2.24) is 4.90 Å². The maximum Gasteiger partial charge on any atom is 0.209 e. The summed E-state index contributed by atoms with van der Waals surface area (Å²) in [5, 5.41) is 1.99. The normalized spacial score (nSPS) is 18.5. The fraction of sp³-hybridized carbons (Fsp3) is 0.333. The number of allylic oxidation sites excluding steroid dienone is 2. The van der Waals surface area contributed by atoms with Crippen LogP contribution < -0.4 is 0 Å². The predicted octanol–water partition coefficient (Wildman–Crippen LogP) is 4.37. The van der Waals surface area contributed by atoms with Gasteiger partial charge in [-0.15, -0.1) is 0 Å². The first-order valence-corrected chi connectivity index (χ1v) is 8.71. The summed E-state index contributed by atoms with van der Waals surface area (Å²) in [6, 6.07) is 11.9. The Morgan fingerprint density at radius 2 is 1.54 bits per heavy atom. The van der Waals surface area contributed by atoms with E-state index in [1.54, 1.807) is 0 Å². The molecule has 0 atom stereocenters. The van der Waals surface area contributed by atoms with E-state index < -0.39 is 0 Å². The Morgan fingerprint density at radius 1 is 0.917 bits per heavy atom. The van der Waals surface area contributed by atoms with E-state index in [1.165, 1.54) is 25.3 Å². The fourth-order valence-corrected chi connectivity index (χ4v) is 3.96. The second-order valence-corrected chi connectivity index (χ2v) is 6.87. The number of benzene rings is 2. The Bertz CT molecular complexity index is 859. The molecule has 0 unspecified atom stereocenters. The van der Waals surface area contributed by atoms with E-state index in [0.717, 1.165) is 23.6 Å². The summed E-state index contributed by atoms with van der Waals surface area (Å²) in [6.45, 7) is 0. The fourth-order valence-electron chi connectivity index (χ4n) is 3.96. The highest BCUT2D eigenvalue weighted by molar-refractivity contribution is 6.25. The van der Waals surface area contributed by atoms with Crippen LogP contribution in [0.15, 0.2) is 48.2 Å². The number of hydrogen-bond acceptors (Lipinski definition) is 3. The average molecular weight is 319 g/mol. The van der Waals surface area contributed by atoms with Gasteiger partial charge in [0.1, 0.15) is 0 Å². The van der Waals surface area contributed by atoms with Gasteiger partial charge in [-0.2, -0.15) is 0 Å². The van der Waals surface area contributed by atoms with Crippen LogP contribution >= 0.6 is 0 Å². The zero-order valence-corrected chi connectivity index (χ0v) is 13.9. The largest absolute Gasteiger partial charge is 0.368 e. The highest BCUT2D eigenvalue weighted by Gasteiger charge is 2.31. The van der Waals surface area contributed by atoms with Crippen LogP contribution in [0.25, 0.3) is 10.8 Å². The lowest BCUT2D eigenvalue weighted by molar-refractivity contribution is 0.0937. The lowest BCUT2D eigenvalue weighted by Crippen LogP contribution is -2.37. The molecule has 2 aromatic carbocycles. The molecular weight excluding hydrogens is 298 g/mol. The Hall–Kier alpha value is -2.42. The first-order chi connectivity index (χ1) is 11.6. The Morgan fingerprint density at radius 3 is 2.21 bits per heavy atom. The van der Waals surface area contributed by atoms with Gasteiger partial charge in [0.2, 0.25) is 5.78 Å². The average Bonchev–Trinajstić information content (AvgIpc) is 2.63. The van der Waals surface area contributed by atoms with E-state index in [-0.39, 0.29) is 11.6 Å². The minimum atomic E-state index is -0.0620. The Balaban J connectivity index is 1.74. The summed E-state index contributed by atoms with van der Waals surface area (Å²) in [4.78, 5) is 27.7. The molecule has 0 heterocycles. The molecule has 0 saturated heterocycles. The van der Waals surface area contributed by atoms with Gasteiger partial charge in [0.25, 0.3) is 0 Å². The van der Waals surface area contributed by atoms with Gasteiger partial charge in [0, 0.05) is 30.3 Å². The molecule has 0 aliphatic heterocycles. The molecule has 3 heteroatoms. The van der Waals surface area contributed by atoms with Crippen LogP contribution in [0.4, 0.5) is 0 Å². The number of hydrogen-bond donors (Lipinski definition) is 0. The lowest BCUT2D eigenvalue weighted by atomic mass is 9.88. The smallest absolute Gasteiger partial charge is 0.209 e. The molecular formula is C21H21NO2. The standard InChI is InChI=1S/C21H21NO2/c1-22(16-9-3-2-4-10-16)19-13-20(23)17-11-14-7-5-6-8-15(14)12-18(17)21(19)24/h5-8,11-13,16H,2-4,9-10H2,1H3. The quantitative estimate of drug-likeness (QED) is 0.825. The second kappa shape index (κ2) is 5.90. The van der Waals surface area contributed by atoms with Crippen LogP contribution in [0.5, 0.6) is 0 Å². The summed E-state index contributed by atoms with van der Waals surface area (Å²) in [7, 11) is 1.96. The molecule has 0 N–H and O–H groups in total.